The molecule has 0 spiro atoms. The molecule has 9 aromatic carbocycles. The zero-order chi connectivity index (χ0) is 39.1. The number of aromatic nitrogens is 4. The molecular weight excluding hydrogens is 717 g/mol. The van der Waals surface area contributed by atoms with E-state index in [-0.39, 0.29) is 0 Å². The predicted molar refractivity (Wildman–Crippen MR) is 244 cm³/mol. The maximum atomic E-state index is 5.17. The Bertz CT molecular complexity index is 3260. The lowest BCUT2D eigenvalue weighted by molar-refractivity contribution is 1.08. The minimum atomic E-state index is 0.636. The van der Waals surface area contributed by atoms with Crippen LogP contribution >= 0.6 is 0 Å². The van der Waals surface area contributed by atoms with E-state index < -0.39 is 0 Å². The first-order valence-electron chi connectivity index (χ1n) is 19.9. The average molecular weight is 753 g/mol. The Hall–Kier alpha value is -7.95. The molecule has 59 heavy (non-hydrogen) atoms. The Morgan fingerprint density at radius 3 is 1.39 bits per heavy atom. The van der Waals surface area contributed by atoms with Gasteiger partial charge < -0.3 is 4.57 Å². The van der Waals surface area contributed by atoms with Gasteiger partial charge in [-0.25, -0.2) is 15.0 Å². The number of nitrogens with zero attached hydrogens (tertiary/aromatic N) is 4. The van der Waals surface area contributed by atoms with Crippen molar-refractivity contribution in [3.8, 4) is 73.2 Å². The highest BCUT2D eigenvalue weighted by Crippen LogP contribution is 2.39. The first-order valence-corrected chi connectivity index (χ1v) is 19.9. The van der Waals surface area contributed by atoms with E-state index in [1.54, 1.807) is 0 Å². The van der Waals surface area contributed by atoms with Gasteiger partial charge in [-0.05, 0) is 68.9 Å². The summed E-state index contributed by atoms with van der Waals surface area (Å²) in [5.41, 5.74) is 13.3. The third-order valence-electron chi connectivity index (χ3n) is 11.3. The fourth-order valence-electron chi connectivity index (χ4n) is 8.48. The normalized spacial score (nSPS) is 11.4. The number of benzene rings is 9. The molecule has 0 unspecified atom stereocenters. The van der Waals surface area contributed by atoms with Crippen molar-refractivity contribution in [3.05, 3.63) is 218 Å². The average Bonchev–Trinajstić information content (AvgIpc) is 3.66. The first-order chi connectivity index (χ1) is 29.3. The zero-order valence-corrected chi connectivity index (χ0v) is 32.1. The highest BCUT2D eigenvalue weighted by molar-refractivity contribution is 6.10. The molecule has 0 saturated carbocycles. The molecule has 0 N–H and O–H groups in total. The van der Waals surface area contributed by atoms with E-state index in [1.807, 2.05) is 24.3 Å². The van der Waals surface area contributed by atoms with Crippen LogP contribution in [0.2, 0.25) is 0 Å². The lowest BCUT2D eigenvalue weighted by Crippen LogP contribution is -2.01. The van der Waals surface area contributed by atoms with Crippen molar-refractivity contribution in [1.82, 2.24) is 19.5 Å². The molecule has 2 aromatic heterocycles. The molecule has 276 valence electrons. The second-order valence-corrected chi connectivity index (χ2v) is 14.8. The second-order valence-electron chi connectivity index (χ2n) is 14.8. The van der Waals surface area contributed by atoms with Gasteiger partial charge in [0.1, 0.15) is 0 Å². The van der Waals surface area contributed by atoms with Crippen LogP contribution in [-0.4, -0.2) is 19.5 Å². The van der Waals surface area contributed by atoms with Crippen LogP contribution in [0.15, 0.2) is 218 Å². The Labute approximate surface area is 342 Å². The van der Waals surface area contributed by atoms with Crippen LogP contribution in [-0.2, 0) is 0 Å². The quantitative estimate of drug-likeness (QED) is 0.163. The number of para-hydroxylation sites is 3. The lowest BCUT2D eigenvalue weighted by Gasteiger charge is -2.15. The van der Waals surface area contributed by atoms with Gasteiger partial charge in [-0.1, -0.05) is 188 Å². The number of rotatable bonds is 7. The van der Waals surface area contributed by atoms with Gasteiger partial charge in [0.15, 0.2) is 17.5 Å². The van der Waals surface area contributed by atoms with Crippen LogP contribution in [0.25, 0.3) is 106 Å². The van der Waals surface area contributed by atoms with E-state index in [9.17, 15) is 0 Å². The van der Waals surface area contributed by atoms with Gasteiger partial charge in [-0.15, -0.1) is 0 Å². The van der Waals surface area contributed by atoms with Gasteiger partial charge in [-0.2, -0.15) is 0 Å². The third-order valence-corrected chi connectivity index (χ3v) is 11.3. The summed E-state index contributed by atoms with van der Waals surface area (Å²) in [6.45, 7) is 0. The molecule has 4 nitrogen and oxygen atoms in total. The Morgan fingerprint density at radius 1 is 0.254 bits per heavy atom. The standard InChI is InChI=1S/C55H36N4/c1-3-16-37(17-4-1)41-20-15-21-42(36-41)54-56-53(40-18-5-2-6-19-40)57-55(58-54)49-35-34-43(45-23-7-8-24-46(45)49)38-30-32-39(33-31-38)44-22-9-12-27-50(44)59-51-28-13-10-25-47(51)48-26-11-14-29-52(48)59/h1-36H. The molecule has 0 aliphatic rings. The summed E-state index contributed by atoms with van der Waals surface area (Å²) in [6.07, 6.45) is 0. The molecule has 11 rings (SSSR count). The van der Waals surface area contributed by atoms with Crippen LogP contribution in [0.4, 0.5) is 0 Å². The van der Waals surface area contributed by atoms with Gasteiger partial charge in [-0.3, -0.25) is 0 Å². The van der Waals surface area contributed by atoms with Gasteiger partial charge >= 0.3 is 0 Å². The molecule has 0 amide bonds. The highest BCUT2D eigenvalue weighted by atomic mass is 15.0. The van der Waals surface area contributed by atoms with Crippen LogP contribution in [0.1, 0.15) is 0 Å². The molecule has 0 radical (unpaired) electrons. The van der Waals surface area contributed by atoms with Gasteiger partial charge in [0.2, 0.25) is 0 Å². The summed E-state index contributed by atoms with van der Waals surface area (Å²) in [5.74, 6) is 1.91. The SMILES string of the molecule is c1ccc(-c2cccc(-c3nc(-c4ccccc4)nc(-c4ccc(-c5ccc(-c6ccccc6-n6c7ccccc7c7ccccc76)cc5)c5ccccc45)n3)c2)cc1. The van der Waals surface area contributed by atoms with E-state index in [4.69, 9.17) is 15.0 Å². The molecule has 0 bridgehead atoms. The van der Waals surface area contributed by atoms with Crippen molar-refractivity contribution < 1.29 is 0 Å². The van der Waals surface area contributed by atoms with E-state index in [1.165, 1.54) is 27.4 Å². The first kappa shape index (κ1) is 34.3. The maximum absolute atomic E-state index is 5.17. The number of hydrogen-bond acceptors (Lipinski definition) is 3. The van der Waals surface area contributed by atoms with E-state index in [0.29, 0.717) is 17.5 Å². The molecule has 0 atom stereocenters. The fourth-order valence-corrected chi connectivity index (χ4v) is 8.48. The molecule has 0 aliphatic carbocycles. The molecule has 0 aliphatic heterocycles. The van der Waals surface area contributed by atoms with E-state index in [2.05, 4.69) is 199 Å². The van der Waals surface area contributed by atoms with E-state index in [0.717, 1.165) is 61.0 Å². The molecule has 4 heteroatoms. The molecule has 0 saturated heterocycles. The van der Waals surface area contributed by atoms with Crippen LogP contribution < -0.4 is 0 Å². The Kier molecular flexibility index (Phi) is 8.45. The molecule has 2 heterocycles. The second kappa shape index (κ2) is 14.5. The van der Waals surface area contributed by atoms with E-state index >= 15 is 0 Å². The topological polar surface area (TPSA) is 43.6 Å². The van der Waals surface area contributed by atoms with Gasteiger partial charge in [0.25, 0.3) is 0 Å². The summed E-state index contributed by atoms with van der Waals surface area (Å²) in [7, 11) is 0. The third kappa shape index (κ3) is 6.15. The highest BCUT2D eigenvalue weighted by Gasteiger charge is 2.18. The van der Waals surface area contributed by atoms with Crippen molar-refractivity contribution in [2.24, 2.45) is 0 Å². The van der Waals surface area contributed by atoms with Crippen molar-refractivity contribution in [3.63, 3.8) is 0 Å². The minimum absolute atomic E-state index is 0.636. The molecule has 0 fully saturated rings. The van der Waals surface area contributed by atoms with Gasteiger partial charge in [0.05, 0.1) is 16.7 Å². The Morgan fingerprint density at radius 2 is 0.712 bits per heavy atom. The van der Waals surface area contributed by atoms with Crippen LogP contribution in [0, 0.1) is 0 Å². The van der Waals surface area contributed by atoms with Crippen molar-refractivity contribution >= 4 is 32.6 Å². The minimum Gasteiger partial charge on any atom is -0.309 e. The largest absolute Gasteiger partial charge is 0.309 e. The predicted octanol–water partition coefficient (Wildman–Crippen LogP) is 14.1. The number of fused-ring (bicyclic) bond motifs is 4. The van der Waals surface area contributed by atoms with Crippen molar-refractivity contribution in [2.45, 2.75) is 0 Å². The van der Waals surface area contributed by atoms with Crippen molar-refractivity contribution in [2.75, 3.05) is 0 Å². The van der Waals surface area contributed by atoms with Crippen molar-refractivity contribution in [1.29, 1.82) is 0 Å². The molecular formula is C55H36N4. The smallest absolute Gasteiger partial charge is 0.164 e. The maximum Gasteiger partial charge on any atom is 0.164 e. The summed E-state index contributed by atoms with van der Waals surface area (Å²) >= 11 is 0. The summed E-state index contributed by atoms with van der Waals surface area (Å²) in [4.78, 5) is 15.3. The van der Waals surface area contributed by atoms with Crippen LogP contribution in [0.3, 0.4) is 0 Å². The summed E-state index contributed by atoms with van der Waals surface area (Å²) in [5, 5.41) is 4.73. The fraction of sp³-hybridized carbons (Fsp3) is 0. The Balaban J connectivity index is 1.00. The van der Waals surface area contributed by atoms with Gasteiger partial charge in [0, 0.05) is 33.0 Å². The molecule has 11 aromatic rings. The number of hydrogen-bond donors (Lipinski definition) is 0. The summed E-state index contributed by atoms with van der Waals surface area (Å²) < 4.78 is 2.40. The lowest BCUT2D eigenvalue weighted by atomic mass is 9.93. The zero-order valence-electron chi connectivity index (χ0n) is 32.1. The van der Waals surface area contributed by atoms with Crippen LogP contribution in [0.5, 0.6) is 0 Å². The monoisotopic (exact) mass is 752 g/mol. The summed E-state index contributed by atoms with van der Waals surface area (Å²) in [6, 6.07) is 77.0.